The molecule has 1 aliphatic rings. The fraction of sp³-hybridized carbons (Fsp3) is 0.389. The topological polar surface area (TPSA) is 71.1 Å². The molecule has 1 aliphatic heterocycles. The van der Waals surface area contributed by atoms with Crippen LogP contribution in [0.5, 0.6) is 5.88 Å². The summed E-state index contributed by atoms with van der Waals surface area (Å²) in [5.41, 5.74) is 1.62. The first-order chi connectivity index (χ1) is 12.2. The van der Waals surface area contributed by atoms with Gasteiger partial charge in [-0.15, -0.1) is 11.3 Å². The summed E-state index contributed by atoms with van der Waals surface area (Å²) < 4.78 is 5.14. The highest BCUT2D eigenvalue weighted by molar-refractivity contribution is 7.21. The number of ether oxygens (including phenoxy) is 1. The van der Waals surface area contributed by atoms with Crippen molar-refractivity contribution in [3.8, 4) is 16.3 Å². The Hall–Kier alpha value is -2.41. The smallest absolute Gasteiger partial charge is 0.261 e. The maximum atomic E-state index is 12.5. The standard InChI is InChI=1S/C18H20N4O2S/c1-3-11-6-7-22(9-11)18-14-15(20-10-21-17(14)23)16(25-18)12-4-5-13(24-2)19-8-12/h4-5,8,10-11H,3,6-7,9H2,1-2H3,(H,20,21,23). The first-order valence-corrected chi connectivity index (χ1v) is 9.28. The number of hydrogen-bond donors (Lipinski definition) is 1. The fourth-order valence-electron chi connectivity index (χ4n) is 3.37. The molecule has 1 N–H and O–H groups in total. The first-order valence-electron chi connectivity index (χ1n) is 8.46. The molecule has 3 aromatic rings. The summed E-state index contributed by atoms with van der Waals surface area (Å²) in [6, 6.07) is 3.79. The molecule has 4 heterocycles. The van der Waals surface area contributed by atoms with Crippen molar-refractivity contribution in [1.29, 1.82) is 0 Å². The second kappa shape index (κ2) is 6.48. The van der Waals surface area contributed by atoms with Crippen LogP contribution >= 0.6 is 11.3 Å². The van der Waals surface area contributed by atoms with Crippen molar-refractivity contribution < 1.29 is 4.74 Å². The third-order valence-electron chi connectivity index (χ3n) is 4.84. The average molecular weight is 356 g/mol. The number of nitrogens with zero attached hydrogens (tertiary/aromatic N) is 3. The molecule has 0 radical (unpaired) electrons. The third-order valence-corrected chi connectivity index (χ3v) is 6.13. The molecule has 25 heavy (non-hydrogen) atoms. The first kappa shape index (κ1) is 16.1. The minimum atomic E-state index is -0.0797. The fourth-order valence-corrected chi connectivity index (χ4v) is 4.64. The van der Waals surface area contributed by atoms with E-state index in [1.807, 2.05) is 12.1 Å². The number of aromatic nitrogens is 3. The second-order valence-corrected chi connectivity index (χ2v) is 7.29. The SMILES string of the molecule is CCC1CCN(c2sc(-c3ccc(OC)nc3)c3nc[nH]c(=O)c23)C1. The van der Waals surface area contributed by atoms with Crippen LogP contribution in [-0.2, 0) is 0 Å². The molecule has 4 rings (SSSR count). The lowest BCUT2D eigenvalue weighted by Gasteiger charge is -2.16. The summed E-state index contributed by atoms with van der Waals surface area (Å²) in [6.45, 7) is 4.22. The number of nitrogens with one attached hydrogen (secondary N) is 1. The lowest BCUT2D eigenvalue weighted by molar-refractivity contribution is 0.398. The molecule has 1 saturated heterocycles. The molecule has 1 fully saturated rings. The monoisotopic (exact) mass is 356 g/mol. The van der Waals surface area contributed by atoms with Crippen molar-refractivity contribution in [2.45, 2.75) is 19.8 Å². The van der Waals surface area contributed by atoms with Gasteiger partial charge < -0.3 is 14.6 Å². The highest BCUT2D eigenvalue weighted by Crippen LogP contribution is 2.43. The van der Waals surface area contributed by atoms with Gasteiger partial charge in [-0.2, -0.15) is 0 Å². The quantitative estimate of drug-likeness (QED) is 0.777. The van der Waals surface area contributed by atoms with Crippen LogP contribution in [0.1, 0.15) is 19.8 Å². The molecular formula is C18H20N4O2S. The second-order valence-electron chi connectivity index (χ2n) is 6.29. The Balaban J connectivity index is 1.85. The Morgan fingerprint density at radius 1 is 1.40 bits per heavy atom. The summed E-state index contributed by atoms with van der Waals surface area (Å²) in [7, 11) is 1.60. The molecule has 130 valence electrons. The number of anilines is 1. The van der Waals surface area contributed by atoms with Crippen molar-refractivity contribution in [3.05, 3.63) is 35.0 Å². The number of rotatable bonds is 4. The van der Waals surface area contributed by atoms with Crippen molar-refractivity contribution in [2.24, 2.45) is 5.92 Å². The van der Waals surface area contributed by atoms with Crippen molar-refractivity contribution in [2.75, 3.05) is 25.1 Å². The molecule has 3 aromatic heterocycles. The van der Waals surface area contributed by atoms with Crippen LogP contribution in [0.25, 0.3) is 21.3 Å². The summed E-state index contributed by atoms with van der Waals surface area (Å²) in [4.78, 5) is 27.3. The van der Waals surface area contributed by atoms with Gasteiger partial charge in [-0.05, 0) is 18.4 Å². The van der Waals surface area contributed by atoms with Crippen molar-refractivity contribution >= 4 is 27.2 Å². The molecule has 0 amide bonds. The number of pyridine rings is 1. The van der Waals surface area contributed by atoms with E-state index in [1.165, 1.54) is 19.2 Å². The summed E-state index contributed by atoms with van der Waals surface area (Å²) in [6.07, 6.45) is 5.59. The van der Waals surface area contributed by atoms with Gasteiger partial charge in [0.05, 0.1) is 23.8 Å². The lowest BCUT2D eigenvalue weighted by Crippen LogP contribution is -2.20. The van der Waals surface area contributed by atoms with Gasteiger partial charge in [0, 0.05) is 30.9 Å². The van der Waals surface area contributed by atoms with Gasteiger partial charge in [-0.25, -0.2) is 9.97 Å². The predicted octanol–water partition coefficient (Wildman–Crippen LogP) is 3.29. The molecule has 7 heteroatoms. The molecule has 0 bridgehead atoms. The highest BCUT2D eigenvalue weighted by atomic mass is 32.1. The zero-order chi connectivity index (χ0) is 17.4. The zero-order valence-electron chi connectivity index (χ0n) is 14.3. The minimum absolute atomic E-state index is 0.0797. The van der Waals surface area contributed by atoms with Gasteiger partial charge in [0.15, 0.2) is 0 Å². The molecule has 6 nitrogen and oxygen atoms in total. The number of H-pyrrole nitrogens is 1. The van der Waals surface area contributed by atoms with Gasteiger partial charge >= 0.3 is 0 Å². The molecule has 1 atom stereocenters. The van der Waals surface area contributed by atoms with Crippen LogP contribution in [0.2, 0.25) is 0 Å². The molecule has 0 aliphatic carbocycles. The Kier molecular flexibility index (Phi) is 4.17. The van der Waals surface area contributed by atoms with E-state index in [0.717, 1.165) is 34.0 Å². The van der Waals surface area contributed by atoms with E-state index in [1.54, 1.807) is 24.6 Å². The van der Waals surface area contributed by atoms with Gasteiger partial charge in [0.1, 0.15) is 10.4 Å². The molecule has 0 spiro atoms. The van der Waals surface area contributed by atoms with Gasteiger partial charge in [0.2, 0.25) is 5.88 Å². The van der Waals surface area contributed by atoms with Crippen LogP contribution in [0.4, 0.5) is 5.00 Å². The van der Waals surface area contributed by atoms with Crippen molar-refractivity contribution in [3.63, 3.8) is 0 Å². The van der Waals surface area contributed by atoms with Gasteiger partial charge in [-0.3, -0.25) is 4.79 Å². The van der Waals surface area contributed by atoms with E-state index in [4.69, 9.17) is 4.74 Å². The van der Waals surface area contributed by atoms with E-state index in [0.29, 0.717) is 17.2 Å². The van der Waals surface area contributed by atoms with Crippen LogP contribution in [-0.4, -0.2) is 35.2 Å². The Morgan fingerprint density at radius 3 is 2.96 bits per heavy atom. The van der Waals surface area contributed by atoms with E-state index < -0.39 is 0 Å². The molecule has 0 aromatic carbocycles. The molecule has 1 unspecified atom stereocenters. The maximum absolute atomic E-state index is 12.5. The largest absolute Gasteiger partial charge is 0.481 e. The average Bonchev–Trinajstić information content (AvgIpc) is 3.27. The zero-order valence-corrected chi connectivity index (χ0v) is 15.1. The van der Waals surface area contributed by atoms with Crippen molar-refractivity contribution in [1.82, 2.24) is 15.0 Å². The van der Waals surface area contributed by atoms with Crippen LogP contribution in [0.15, 0.2) is 29.5 Å². The summed E-state index contributed by atoms with van der Waals surface area (Å²) in [5, 5.41) is 1.71. The number of thiophene rings is 1. The normalized spacial score (nSPS) is 17.4. The summed E-state index contributed by atoms with van der Waals surface area (Å²) in [5.74, 6) is 1.26. The number of methoxy groups -OCH3 is 1. The predicted molar refractivity (Wildman–Crippen MR) is 101 cm³/mol. The van der Waals surface area contributed by atoms with E-state index in [9.17, 15) is 4.79 Å². The molecule has 0 saturated carbocycles. The summed E-state index contributed by atoms with van der Waals surface area (Å²) >= 11 is 1.63. The maximum Gasteiger partial charge on any atom is 0.261 e. The Labute approximate surface area is 149 Å². The molecular weight excluding hydrogens is 336 g/mol. The highest BCUT2D eigenvalue weighted by Gasteiger charge is 2.27. The van der Waals surface area contributed by atoms with Crippen LogP contribution in [0, 0.1) is 5.92 Å². The third kappa shape index (κ3) is 2.78. The van der Waals surface area contributed by atoms with E-state index in [2.05, 4.69) is 26.8 Å². The van der Waals surface area contributed by atoms with Gasteiger partial charge in [-0.1, -0.05) is 13.3 Å². The Bertz CT molecular complexity index is 948. The number of fused-ring (bicyclic) bond motifs is 1. The van der Waals surface area contributed by atoms with E-state index >= 15 is 0 Å². The van der Waals surface area contributed by atoms with E-state index in [-0.39, 0.29) is 5.56 Å². The number of aromatic amines is 1. The van der Waals surface area contributed by atoms with Crippen LogP contribution in [0.3, 0.4) is 0 Å². The number of hydrogen-bond acceptors (Lipinski definition) is 6. The minimum Gasteiger partial charge on any atom is -0.481 e. The van der Waals surface area contributed by atoms with Gasteiger partial charge in [0.25, 0.3) is 5.56 Å². The van der Waals surface area contributed by atoms with Crippen LogP contribution < -0.4 is 15.2 Å². The Morgan fingerprint density at radius 2 is 2.28 bits per heavy atom. The lowest BCUT2D eigenvalue weighted by atomic mass is 10.1.